The maximum absolute atomic E-state index is 14.6. The van der Waals surface area contributed by atoms with Gasteiger partial charge in [-0.1, -0.05) is 57.7 Å². The van der Waals surface area contributed by atoms with Crippen LogP contribution >= 0.6 is 0 Å². The topological polar surface area (TPSA) is 82.3 Å². The Kier molecular flexibility index (Phi) is 5.99. The van der Waals surface area contributed by atoms with Crippen molar-refractivity contribution in [2.45, 2.75) is 27.2 Å². The van der Waals surface area contributed by atoms with E-state index in [1.165, 1.54) is 6.07 Å². The fraction of sp³-hybridized carbons (Fsp3) is 0.156. The molecular weight excluding hydrogens is 487 g/mol. The van der Waals surface area contributed by atoms with Gasteiger partial charge in [-0.25, -0.2) is 9.37 Å². The summed E-state index contributed by atoms with van der Waals surface area (Å²) in [7, 11) is 0. The molecule has 4 aromatic heterocycles. The Labute approximate surface area is 226 Å². The number of rotatable bonds is 6. The fourth-order valence-corrected chi connectivity index (χ4v) is 5.02. The first-order valence-corrected chi connectivity index (χ1v) is 12.9. The van der Waals surface area contributed by atoms with E-state index >= 15 is 0 Å². The molecule has 6 nitrogen and oxygen atoms in total. The van der Waals surface area contributed by atoms with E-state index in [0.29, 0.717) is 11.2 Å². The predicted molar refractivity (Wildman–Crippen MR) is 157 cm³/mol. The molecule has 6 rings (SSSR count). The highest BCUT2D eigenvalue weighted by Crippen LogP contribution is 2.36. The lowest BCUT2D eigenvalue weighted by Crippen LogP contribution is -2.10. The molecule has 0 saturated carbocycles. The van der Waals surface area contributed by atoms with E-state index in [9.17, 15) is 4.39 Å². The molecule has 0 amide bonds. The first kappa shape index (κ1) is 24.6. The molecule has 194 valence electrons. The van der Waals surface area contributed by atoms with E-state index in [1.54, 1.807) is 18.3 Å². The Morgan fingerprint density at radius 3 is 2.54 bits per heavy atom. The number of fused-ring (bicyclic) bond motifs is 2. The van der Waals surface area contributed by atoms with E-state index in [0.717, 1.165) is 62.2 Å². The van der Waals surface area contributed by atoms with Crippen LogP contribution in [0, 0.1) is 11.2 Å². The minimum Gasteiger partial charge on any atom is -0.358 e. The first-order chi connectivity index (χ1) is 18.7. The van der Waals surface area contributed by atoms with Crippen LogP contribution in [0.1, 0.15) is 27.2 Å². The van der Waals surface area contributed by atoms with Gasteiger partial charge in [0.25, 0.3) is 0 Å². The first-order valence-electron chi connectivity index (χ1n) is 12.9. The van der Waals surface area contributed by atoms with Crippen LogP contribution in [0.3, 0.4) is 0 Å². The number of nitrogens with one attached hydrogen (secondary N) is 3. The van der Waals surface area contributed by atoms with Crippen molar-refractivity contribution in [1.82, 2.24) is 25.1 Å². The summed E-state index contributed by atoms with van der Waals surface area (Å²) in [6.07, 6.45) is 6.29. The van der Waals surface area contributed by atoms with Crippen LogP contribution in [-0.2, 0) is 0 Å². The predicted octanol–water partition coefficient (Wildman–Crippen LogP) is 8.34. The molecule has 4 heterocycles. The number of aromatic nitrogens is 5. The third-order valence-corrected chi connectivity index (χ3v) is 6.64. The standard InChI is InChI=1S/C32H29FN6/c1-19(15-32(2,3)4)36-22-12-20(16-34-18-22)21-13-26-30(38-39-31(26)35-17-21)29-14-25-23(9-7-11-28(25)37-29)24-8-5-6-10-27(24)33/h5-14,16-18,36-37H,1,15H2,2-4H3,(H,35,38,39). The van der Waals surface area contributed by atoms with Crippen LogP contribution in [0.5, 0.6) is 0 Å². The largest absolute Gasteiger partial charge is 0.358 e. The zero-order valence-electron chi connectivity index (χ0n) is 22.1. The highest BCUT2D eigenvalue weighted by molar-refractivity contribution is 6.01. The highest BCUT2D eigenvalue weighted by Gasteiger charge is 2.17. The Hall–Kier alpha value is -4.78. The molecule has 3 N–H and O–H groups in total. The van der Waals surface area contributed by atoms with Gasteiger partial charge in [-0.15, -0.1) is 0 Å². The minimum absolute atomic E-state index is 0.139. The third kappa shape index (κ3) is 4.91. The van der Waals surface area contributed by atoms with Crippen LogP contribution < -0.4 is 5.32 Å². The zero-order chi connectivity index (χ0) is 27.1. The molecule has 6 aromatic rings. The van der Waals surface area contributed by atoms with E-state index in [1.807, 2.05) is 48.8 Å². The van der Waals surface area contributed by atoms with Gasteiger partial charge in [0.15, 0.2) is 5.65 Å². The van der Waals surface area contributed by atoms with Crippen molar-refractivity contribution in [1.29, 1.82) is 0 Å². The van der Waals surface area contributed by atoms with Gasteiger partial charge in [0, 0.05) is 51.1 Å². The summed E-state index contributed by atoms with van der Waals surface area (Å²) in [5, 5.41) is 12.8. The molecule has 0 atom stereocenters. The fourth-order valence-electron chi connectivity index (χ4n) is 5.02. The molecule has 0 fully saturated rings. The van der Waals surface area contributed by atoms with Gasteiger partial charge in [-0.3, -0.25) is 10.1 Å². The van der Waals surface area contributed by atoms with Gasteiger partial charge in [0.2, 0.25) is 0 Å². The lowest BCUT2D eigenvalue weighted by molar-refractivity contribution is 0.411. The Balaban J connectivity index is 1.37. The van der Waals surface area contributed by atoms with Gasteiger partial charge in [-0.05, 0) is 47.7 Å². The lowest BCUT2D eigenvalue weighted by Gasteiger charge is -2.20. The molecule has 0 spiro atoms. The van der Waals surface area contributed by atoms with Crippen molar-refractivity contribution in [3.8, 4) is 33.6 Å². The average Bonchev–Trinajstić information content (AvgIpc) is 3.51. The van der Waals surface area contributed by atoms with Crippen molar-refractivity contribution in [2.24, 2.45) is 5.41 Å². The van der Waals surface area contributed by atoms with Crippen molar-refractivity contribution < 1.29 is 4.39 Å². The number of aromatic amines is 2. The van der Waals surface area contributed by atoms with Crippen LogP contribution in [0.25, 0.3) is 55.6 Å². The molecule has 0 aliphatic rings. The monoisotopic (exact) mass is 516 g/mol. The molecule has 2 aromatic carbocycles. The number of pyridine rings is 2. The molecule has 0 radical (unpaired) electrons. The summed E-state index contributed by atoms with van der Waals surface area (Å²) < 4.78 is 14.6. The minimum atomic E-state index is -0.251. The SMILES string of the molecule is C=C(CC(C)(C)C)Nc1cncc(-c2cnc3[nH]nc(-c4cc5c(-c6ccccc6F)cccc5[nH]4)c3c2)c1. The quantitative estimate of drug-likeness (QED) is 0.208. The maximum Gasteiger partial charge on any atom is 0.155 e. The van der Waals surface area contributed by atoms with Crippen molar-refractivity contribution in [3.63, 3.8) is 0 Å². The molecule has 0 bridgehead atoms. The average molecular weight is 517 g/mol. The van der Waals surface area contributed by atoms with Crippen LogP contribution in [0.15, 0.2) is 91.5 Å². The van der Waals surface area contributed by atoms with Crippen LogP contribution in [-0.4, -0.2) is 25.1 Å². The highest BCUT2D eigenvalue weighted by atomic mass is 19.1. The third-order valence-electron chi connectivity index (χ3n) is 6.64. The molecule has 0 aliphatic heterocycles. The Morgan fingerprint density at radius 2 is 1.72 bits per heavy atom. The van der Waals surface area contributed by atoms with Gasteiger partial charge < -0.3 is 10.3 Å². The summed E-state index contributed by atoms with van der Waals surface area (Å²) in [6, 6.07) is 18.8. The smallest absolute Gasteiger partial charge is 0.155 e. The van der Waals surface area contributed by atoms with Gasteiger partial charge in [0.05, 0.1) is 17.6 Å². The number of anilines is 1. The number of benzene rings is 2. The van der Waals surface area contributed by atoms with Gasteiger partial charge in [0.1, 0.15) is 11.5 Å². The van der Waals surface area contributed by atoms with Crippen molar-refractivity contribution in [2.75, 3.05) is 5.32 Å². The normalized spacial score (nSPS) is 11.8. The van der Waals surface area contributed by atoms with Gasteiger partial charge in [-0.2, -0.15) is 5.10 Å². The lowest BCUT2D eigenvalue weighted by atomic mass is 9.91. The Bertz CT molecular complexity index is 1840. The number of H-pyrrole nitrogens is 2. The van der Waals surface area contributed by atoms with E-state index in [-0.39, 0.29) is 11.2 Å². The molecule has 0 aliphatic carbocycles. The summed E-state index contributed by atoms with van der Waals surface area (Å²) in [6.45, 7) is 10.7. The molecule has 39 heavy (non-hydrogen) atoms. The Morgan fingerprint density at radius 1 is 0.923 bits per heavy atom. The van der Waals surface area contributed by atoms with Crippen molar-refractivity contribution >= 4 is 27.6 Å². The second kappa shape index (κ2) is 9.51. The van der Waals surface area contributed by atoms with Crippen molar-refractivity contribution in [3.05, 3.63) is 97.3 Å². The van der Waals surface area contributed by atoms with E-state index in [2.05, 4.69) is 63.9 Å². The maximum atomic E-state index is 14.6. The van der Waals surface area contributed by atoms with E-state index in [4.69, 9.17) is 0 Å². The second-order valence-electron chi connectivity index (χ2n) is 11.1. The van der Waals surface area contributed by atoms with Crippen LogP contribution in [0.4, 0.5) is 10.1 Å². The zero-order valence-corrected chi connectivity index (χ0v) is 22.1. The molecule has 0 unspecified atom stereocenters. The number of nitrogens with zero attached hydrogens (tertiary/aromatic N) is 3. The number of hydrogen-bond acceptors (Lipinski definition) is 4. The van der Waals surface area contributed by atoms with Gasteiger partial charge >= 0.3 is 0 Å². The van der Waals surface area contributed by atoms with E-state index < -0.39 is 0 Å². The van der Waals surface area contributed by atoms with Crippen LogP contribution in [0.2, 0.25) is 0 Å². The number of halogens is 1. The molecule has 7 heteroatoms. The summed E-state index contributed by atoms with van der Waals surface area (Å²) in [5.74, 6) is -0.251. The number of hydrogen-bond donors (Lipinski definition) is 3. The molecule has 0 saturated heterocycles. The summed E-state index contributed by atoms with van der Waals surface area (Å²) in [5.41, 5.74) is 8.38. The second-order valence-corrected chi connectivity index (χ2v) is 11.1. The summed E-state index contributed by atoms with van der Waals surface area (Å²) in [4.78, 5) is 12.5. The number of allylic oxidation sites excluding steroid dienone is 1. The molecular formula is C32H29FN6. The summed E-state index contributed by atoms with van der Waals surface area (Å²) >= 11 is 0.